The van der Waals surface area contributed by atoms with Crippen LogP contribution in [0.3, 0.4) is 0 Å². The number of halogens is 4. The molecule has 0 amide bonds. The van der Waals surface area contributed by atoms with Crippen LogP contribution in [-0.4, -0.2) is 11.8 Å². The maximum Gasteiger partial charge on any atom is 0.390 e. The molecule has 0 saturated heterocycles. The summed E-state index contributed by atoms with van der Waals surface area (Å²) in [5, 5.41) is -1.04. The predicted octanol–water partition coefficient (Wildman–Crippen LogP) is 4.63. The quantitative estimate of drug-likeness (QED) is 0.717. The molecule has 2 rings (SSSR count). The number of benzene rings is 1. The first-order valence-electron chi connectivity index (χ1n) is 5.69. The van der Waals surface area contributed by atoms with Gasteiger partial charge in [0.25, 0.3) is 0 Å². The van der Waals surface area contributed by atoms with E-state index in [-0.39, 0.29) is 5.60 Å². The SMILES string of the molecule is CC1(C)Cc2cc(C(Cl)CC(F)(F)F)ccc2O1. The molecule has 1 aromatic rings. The van der Waals surface area contributed by atoms with Crippen LogP contribution in [-0.2, 0) is 6.42 Å². The smallest absolute Gasteiger partial charge is 0.390 e. The van der Waals surface area contributed by atoms with Gasteiger partial charge in [-0.3, -0.25) is 0 Å². The molecule has 0 bridgehead atoms. The topological polar surface area (TPSA) is 9.23 Å². The molecule has 0 N–H and O–H groups in total. The van der Waals surface area contributed by atoms with Crippen molar-refractivity contribution in [2.75, 3.05) is 0 Å². The fourth-order valence-electron chi connectivity index (χ4n) is 2.15. The van der Waals surface area contributed by atoms with Crippen molar-refractivity contribution in [1.82, 2.24) is 0 Å². The Morgan fingerprint density at radius 2 is 2.06 bits per heavy atom. The zero-order chi connectivity index (χ0) is 13.6. The third kappa shape index (κ3) is 3.10. The maximum atomic E-state index is 12.3. The molecule has 0 aromatic heterocycles. The molecule has 1 nitrogen and oxygen atoms in total. The highest BCUT2D eigenvalue weighted by Crippen LogP contribution is 2.39. The summed E-state index contributed by atoms with van der Waals surface area (Å²) in [4.78, 5) is 0. The molecule has 0 fully saturated rings. The van der Waals surface area contributed by atoms with Gasteiger partial charge in [-0.1, -0.05) is 12.1 Å². The van der Waals surface area contributed by atoms with Crippen LogP contribution in [0, 0.1) is 0 Å². The summed E-state index contributed by atoms with van der Waals surface area (Å²) in [6.07, 6.45) is -4.58. The van der Waals surface area contributed by atoms with E-state index in [2.05, 4.69) is 0 Å². The molecular formula is C13H14ClF3O. The summed E-state index contributed by atoms with van der Waals surface area (Å²) in [6, 6.07) is 5.02. The highest BCUT2D eigenvalue weighted by atomic mass is 35.5. The van der Waals surface area contributed by atoms with E-state index in [1.807, 2.05) is 13.8 Å². The second-order valence-electron chi connectivity index (χ2n) is 5.19. The van der Waals surface area contributed by atoms with E-state index in [1.54, 1.807) is 18.2 Å². The van der Waals surface area contributed by atoms with Crippen LogP contribution in [0.25, 0.3) is 0 Å². The Hall–Kier alpha value is -0.900. The normalized spacial score (nSPS) is 19.2. The number of rotatable bonds is 2. The second-order valence-corrected chi connectivity index (χ2v) is 5.72. The van der Waals surface area contributed by atoms with Gasteiger partial charge in [0, 0.05) is 6.42 Å². The Bertz CT molecular complexity index is 454. The standard InChI is InChI=1S/C13H14ClF3O/c1-12(2)6-9-5-8(3-4-11(9)18-12)10(14)7-13(15,16)17/h3-5,10H,6-7H2,1-2H3. The van der Waals surface area contributed by atoms with Gasteiger partial charge in [0.1, 0.15) is 11.4 Å². The van der Waals surface area contributed by atoms with E-state index >= 15 is 0 Å². The Labute approximate surface area is 109 Å². The molecule has 100 valence electrons. The van der Waals surface area contributed by atoms with Crippen molar-refractivity contribution < 1.29 is 17.9 Å². The first-order valence-corrected chi connectivity index (χ1v) is 6.13. The number of hydrogen-bond donors (Lipinski definition) is 0. The number of fused-ring (bicyclic) bond motifs is 1. The van der Waals surface area contributed by atoms with Gasteiger partial charge in [0.2, 0.25) is 0 Å². The highest BCUT2D eigenvalue weighted by molar-refractivity contribution is 6.20. The highest BCUT2D eigenvalue weighted by Gasteiger charge is 2.34. The van der Waals surface area contributed by atoms with E-state index in [9.17, 15) is 13.2 Å². The molecule has 0 aliphatic carbocycles. The Kier molecular flexibility index (Phi) is 3.26. The minimum atomic E-state index is -4.25. The summed E-state index contributed by atoms with van der Waals surface area (Å²) in [7, 11) is 0. The van der Waals surface area contributed by atoms with Gasteiger partial charge < -0.3 is 4.74 Å². The third-order valence-electron chi connectivity index (χ3n) is 2.86. The molecule has 1 unspecified atom stereocenters. The summed E-state index contributed by atoms with van der Waals surface area (Å²) in [5.74, 6) is 0.736. The van der Waals surface area contributed by atoms with Crippen molar-refractivity contribution in [2.24, 2.45) is 0 Å². The Morgan fingerprint density at radius 3 is 2.67 bits per heavy atom. The molecule has 18 heavy (non-hydrogen) atoms. The van der Waals surface area contributed by atoms with Crippen LogP contribution < -0.4 is 4.74 Å². The van der Waals surface area contributed by atoms with Gasteiger partial charge in [-0.15, -0.1) is 11.6 Å². The van der Waals surface area contributed by atoms with E-state index in [4.69, 9.17) is 16.3 Å². The molecule has 5 heteroatoms. The minimum absolute atomic E-state index is 0.299. The Balaban J connectivity index is 2.18. The first-order chi connectivity index (χ1) is 8.16. The predicted molar refractivity (Wildman–Crippen MR) is 64.1 cm³/mol. The molecule has 1 atom stereocenters. The molecule has 1 aliphatic heterocycles. The number of alkyl halides is 4. The summed E-state index contributed by atoms with van der Waals surface area (Å²) in [6.45, 7) is 3.89. The summed E-state index contributed by atoms with van der Waals surface area (Å²) < 4.78 is 42.5. The van der Waals surface area contributed by atoms with Crippen LogP contribution in [0.4, 0.5) is 13.2 Å². The van der Waals surface area contributed by atoms with Crippen molar-refractivity contribution in [3.05, 3.63) is 29.3 Å². The van der Waals surface area contributed by atoms with Crippen molar-refractivity contribution in [3.63, 3.8) is 0 Å². The average molecular weight is 279 g/mol. The van der Waals surface area contributed by atoms with Crippen molar-refractivity contribution in [1.29, 1.82) is 0 Å². The van der Waals surface area contributed by atoms with Crippen LogP contribution in [0.5, 0.6) is 5.75 Å². The zero-order valence-electron chi connectivity index (χ0n) is 10.1. The largest absolute Gasteiger partial charge is 0.487 e. The van der Waals surface area contributed by atoms with E-state index in [1.165, 1.54) is 0 Å². The fourth-order valence-corrected chi connectivity index (χ4v) is 2.46. The van der Waals surface area contributed by atoms with E-state index in [0.29, 0.717) is 12.0 Å². The van der Waals surface area contributed by atoms with Gasteiger partial charge in [-0.25, -0.2) is 0 Å². The van der Waals surface area contributed by atoms with E-state index in [0.717, 1.165) is 11.3 Å². The lowest BCUT2D eigenvalue weighted by Crippen LogP contribution is -2.24. The minimum Gasteiger partial charge on any atom is -0.487 e. The zero-order valence-corrected chi connectivity index (χ0v) is 10.9. The fraction of sp³-hybridized carbons (Fsp3) is 0.538. The van der Waals surface area contributed by atoms with Gasteiger partial charge in [0.05, 0.1) is 11.8 Å². The summed E-state index contributed by atoms with van der Waals surface area (Å²) in [5.41, 5.74) is 1.12. The summed E-state index contributed by atoms with van der Waals surface area (Å²) >= 11 is 5.80. The number of ether oxygens (including phenoxy) is 1. The molecule has 0 saturated carbocycles. The molecule has 0 radical (unpaired) electrons. The number of hydrogen-bond acceptors (Lipinski definition) is 1. The lowest BCUT2D eigenvalue weighted by Gasteiger charge is -2.16. The average Bonchev–Trinajstić information content (AvgIpc) is 2.47. The van der Waals surface area contributed by atoms with Gasteiger partial charge in [0.15, 0.2) is 0 Å². The van der Waals surface area contributed by atoms with Crippen molar-refractivity contribution in [3.8, 4) is 5.75 Å². The monoisotopic (exact) mass is 278 g/mol. The molecule has 1 heterocycles. The third-order valence-corrected chi connectivity index (χ3v) is 3.27. The molecular weight excluding hydrogens is 265 g/mol. The molecule has 0 spiro atoms. The van der Waals surface area contributed by atoms with Crippen molar-refractivity contribution >= 4 is 11.6 Å². The second kappa shape index (κ2) is 4.34. The van der Waals surface area contributed by atoms with Crippen LogP contribution in [0.15, 0.2) is 18.2 Å². The molecule has 1 aliphatic rings. The van der Waals surface area contributed by atoms with Crippen LogP contribution >= 0.6 is 11.6 Å². The van der Waals surface area contributed by atoms with Gasteiger partial charge >= 0.3 is 6.18 Å². The van der Waals surface area contributed by atoms with Gasteiger partial charge in [-0.05, 0) is 31.0 Å². The Morgan fingerprint density at radius 1 is 1.39 bits per heavy atom. The van der Waals surface area contributed by atoms with E-state index < -0.39 is 18.0 Å². The van der Waals surface area contributed by atoms with Crippen LogP contribution in [0.1, 0.15) is 36.8 Å². The van der Waals surface area contributed by atoms with Crippen LogP contribution in [0.2, 0.25) is 0 Å². The molecule has 1 aromatic carbocycles. The maximum absolute atomic E-state index is 12.3. The lowest BCUT2D eigenvalue weighted by atomic mass is 9.99. The van der Waals surface area contributed by atoms with Gasteiger partial charge in [-0.2, -0.15) is 13.2 Å². The first kappa shape index (κ1) is 13.5. The van der Waals surface area contributed by atoms with Crippen molar-refractivity contribution in [2.45, 2.75) is 43.8 Å². The lowest BCUT2D eigenvalue weighted by molar-refractivity contribution is -0.134.